The predicted molar refractivity (Wildman–Crippen MR) is 271 cm³/mol. The van der Waals surface area contributed by atoms with Crippen LogP contribution < -0.4 is 5.32 Å². The maximum Gasteiger partial charge on any atom is 0.335 e. The van der Waals surface area contributed by atoms with Crippen LogP contribution in [0.2, 0.25) is 22.2 Å². The normalized spacial score (nSPS) is 26.5. The summed E-state index contributed by atoms with van der Waals surface area (Å²) in [4.78, 5) is 51.2. The zero-order valence-corrected chi connectivity index (χ0v) is 46.1. The SMILES string of the molecule is CCC1OC(OCCCCC(=O)CCCOCCOCO[C@H]2C3O[Si](C(C)C)(C(C)C)O[Si](C(C)C)(C(C)C)OC[C@H]3O[C@H]2n2cnc3c(NC(=O)c4ccccc4)ncnc32)C(C)C(C)C1OC(C)=O. The van der Waals surface area contributed by atoms with Crippen molar-refractivity contribution in [2.45, 2.75) is 187 Å². The maximum absolute atomic E-state index is 13.2. The Balaban J connectivity index is 1.03. The van der Waals surface area contributed by atoms with Gasteiger partial charge in [-0.1, -0.05) is 94.4 Å². The number of aromatic nitrogens is 4. The van der Waals surface area contributed by atoms with E-state index >= 15 is 0 Å². The number of hydrogen-bond donors (Lipinski definition) is 1. The van der Waals surface area contributed by atoms with Gasteiger partial charge in [-0.25, -0.2) is 15.0 Å². The van der Waals surface area contributed by atoms with E-state index < -0.39 is 41.7 Å². The molecule has 3 fully saturated rings. The second-order valence-corrected chi connectivity index (χ2v) is 29.3. The zero-order valence-electron chi connectivity index (χ0n) is 44.1. The molecule has 3 aliphatic heterocycles. The minimum atomic E-state index is -3.08. The number of anilines is 1. The van der Waals surface area contributed by atoms with Gasteiger partial charge in [-0.3, -0.25) is 19.0 Å². The van der Waals surface area contributed by atoms with Gasteiger partial charge in [-0.2, -0.15) is 0 Å². The van der Waals surface area contributed by atoms with Gasteiger partial charge in [0, 0.05) is 50.4 Å². The van der Waals surface area contributed by atoms with Crippen molar-refractivity contribution in [1.29, 1.82) is 0 Å². The molecule has 1 amide bonds. The van der Waals surface area contributed by atoms with Crippen molar-refractivity contribution in [2.75, 3.05) is 45.1 Å². The van der Waals surface area contributed by atoms with Gasteiger partial charge < -0.3 is 51.4 Å². The molecule has 0 aliphatic carbocycles. The number of rotatable bonds is 25. The third-order valence-electron chi connectivity index (χ3n) is 14.3. The first-order chi connectivity index (χ1) is 33.9. The second kappa shape index (κ2) is 26.1. The first kappa shape index (κ1) is 56.7. The molecule has 3 aliphatic rings. The molecule has 0 radical (unpaired) electrons. The summed E-state index contributed by atoms with van der Waals surface area (Å²) in [5, 5.41) is 2.90. The Morgan fingerprint density at radius 3 is 2.15 bits per heavy atom. The number of fused-ring (bicyclic) bond motifs is 2. The largest absolute Gasteiger partial charge is 0.459 e. The summed E-state index contributed by atoms with van der Waals surface area (Å²) in [5.74, 6) is -0.00293. The molecule has 9 atom stereocenters. The van der Waals surface area contributed by atoms with E-state index in [-0.39, 0.29) is 96.0 Å². The van der Waals surface area contributed by atoms with Crippen molar-refractivity contribution in [2.24, 2.45) is 11.8 Å². The van der Waals surface area contributed by atoms with Crippen LogP contribution in [0, 0.1) is 11.8 Å². The Bertz CT molecular complexity index is 2150. The van der Waals surface area contributed by atoms with E-state index in [1.807, 2.05) is 13.0 Å². The number of hydrogen-bond acceptors (Lipinski definition) is 16. The highest BCUT2D eigenvalue weighted by molar-refractivity contribution is 6.84. The number of carbonyl (C=O) groups is 3. The monoisotopic (exact) mass is 1030 g/mol. The van der Waals surface area contributed by atoms with Gasteiger partial charge in [0.25, 0.3) is 5.91 Å². The van der Waals surface area contributed by atoms with Crippen LogP contribution in [0.1, 0.15) is 138 Å². The number of esters is 1. The van der Waals surface area contributed by atoms with Crippen molar-refractivity contribution in [3.63, 3.8) is 0 Å². The second-order valence-electron chi connectivity index (χ2n) is 20.5. The van der Waals surface area contributed by atoms with Gasteiger partial charge in [-0.15, -0.1) is 0 Å². The molecule has 71 heavy (non-hydrogen) atoms. The quantitative estimate of drug-likeness (QED) is 0.0364. The summed E-state index contributed by atoms with van der Waals surface area (Å²) in [5.41, 5.74) is 1.77. The molecular formula is C51H81N5O13Si2. The number of amides is 1. The predicted octanol–water partition coefficient (Wildman–Crippen LogP) is 9.18. The van der Waals surface area contributed by atoms with E-state index in [0.717, 1.165) is 19.3 Å². The number of imidazole rings is 1. The molecule has 2 aromatic heterocycles. The van der Waals surface area contributed by atoms with Crippen LogP contribution in [0.15, 0.2) is 43.0 Å². The Morgan fingerprint density at radius 1 is 0.789 bits per heavy atom. The molecule has 3 saturated heterocycles. The minimum Gasteiger partial charge on any atom is -0.459 e. The Hall–Kier alpha value is -3.55. The van der Waals surface area contributed by atoms with E-state index in [0.29, 0.717) is 55.8 Å². The Labute approximate surface area is 422 Å². The number of Topliss-reactive ketones (excluding diaryl/α,β-unsaturated/α-hetero) is 1. The Morgan fingerprint density at radius 2 is 1.48 bits per heavy atom. The summed E-state index contributed by atoms with van der Waals surface area (Å²) in [6, 6.07) is 8.91. The highest BCUT2D eigenvalue weighted by atomic mass is 28.5. The van der Waals surface area contributed by atoms with Crippen LogP contribution in [-0.4, -0.2) is 131 Å². The zero-order chi connectivity index (χ0) is 51.5. The van der Waals surface area contributed by atoms with Crippen molar-refractivity contribution in [3.8, 4) is 0 Å². The molecule has 5 heterocycles. The molecule has 0 bridgehead atoms. The van der Waals surface area contributed by atoms with E-state index in [4.69, 9.17) is 46.1 Å². The number of ether oxygens (including phenoxy) is 7. The van der Waals surface area contributed by atoms with Crippen LogP contribution >= 0.6 is 0 Å². The number of benzene rings is 1. The topological polar surface area (TPSA) is 199 Å². The summed E-state index contributed by atoms with van der Waals surface area (Å²) < 4.78 is 67.1. The molecule has 396 valence electrons. The van der Waals surface area contributed by atoms with Crippen molar-refractivity contribution in [3.05, 3.63) is 48.5 Å². The third kappa shape index (κ3) is 13.6. The summed E-state index contributed by atoms with van der Waals surface area (Å²) in [6.45, 7) is 26.7. The smallest absolute Gasteiger partial charge is 0.335 e. The minimum absolute atomic E-state index is 0.0623. The first-order valence-electron chi connectivity index (χ1n) is 25.9. The van der Waals surface area contributed by atoms with Gasteiger partial charge in [0.05, 0.1) is 32.3 Å². The molecule has 20 heteroatoms. The van der Waals surface area contributed by atoms with Crippen molar-refractivity contribution >= 4 is 51.8 Å². The van der Waals surface area contributed by atoms with Gasteiger partial charge in [0.15, 0.2) is 29.5 Å². The lowest BCUT2D eigenvalue weighted by molar-refractivity contribution is -0.267. The number of nitrogens with one attached hydrogen (secondary N) is 1. The lowest BCUT2D eigenvalue weighted by Gasteiger charge is -2.51. The molecule has 18 nitrogen and oxygen atoms in total. The van der Waals surface area contributed by atoms with E-state index in [9.17, 15) is 14.4 Å². The fourth-order valence-corrected chi connectivity index (χ4v) is 21.3. The van der Waals surface area contributed by atoms with Crippen LogP contribution in [-0.2, 0) is 55.7 Å². The van der Waals surface area contributed by atoms with E-state index in [2.05, 4.69) is 89.5 Å². The number of carbonyl (C=O) groups excluding carboxylic acids is 3. The number of nitrogens with zero attached hydrogens (tertiary/aromatic N) is 4. The summed E-state index contributed by atoms with van der Waals surface area (Å²) in [6.07, 6.45) is 3.26. The molecule has 1 aromatic carbocycles. The first-order valence-corrected chi connectivity index (χ1v) is 29.8. The summed E-state index contributed by atoms with van der Waals surface area (Å²) >= 11 is 0. The van der Waals surface area contributed by atoms with Gasteiger partial charge in [0.1, 0.15) is 43.3 Å². The fraction of sp³-hybridized carbons (Fsp3) is 0.725. The number of unbranched alkanes of at least 4 members (excludes halogenated alkanes) is 1. The standard InChI is InChI=1S/C51H81N5O13Si2/c1-13-41-44(65-38(12)57)36(10)37(11)51(67-41)62-25-18-17-22-40(58)23-19-24-60-26-27-61-31-63-46-45-42(28-64-70(32(2)3,33(4)5)69-71(68-45,34(6)7)35(8)9)66-50(46)56-30-54-43-47(52-29-53-48(43)56)55-49(59)39-20-15-14-16-21-39/h14-16,20-21,29-30,32-37,41-42,44-46,50-51H,13,17-19,22-28,31H2,1-12H3,(H,52,53,55,59)/t36?,37?,41?,42-,44?,45?,46+,50-,51?/m1/s1. The molecule has 0 saturated carbocycles. The van der Waals surface area contributed by atoms with Crippen LogP contribution in [0.3, 0.4) is 0 Å². The molecule has 6 rings (SSSR count). The van der Waals surface area contributed by atoms with Gasteiger partial charge >= 0.3 is 23.1 Å². The van der Waals surface area contributed by atoms with Crippen LogP contribution in [0.25, 0.3) is 11.2 Å². The van der Waals surface area contributed by atoms with Crippen LogP contribution in [0.5, 0.6) is 0 Å². The maximum atomic E-state index is 13.2. The highest BCUT2D eigenvalue weighted by Gasteiger charge is 2.62. The average Bonchev–Trinajstić information content (AvgIpc) is 3.91. The lowest BCUT2D eigenvalue weighted by atomic mass is 9.84. The lowest BCUT2D eigenvalue weighted by Crippen LogP contribution is -2.66. The molecule has 3 aromatic rings. The fourth-order valence-electron chi connectivity index (χ4n) is 10.1. The highest BCUT2D eigenvalue weighted by Crippen LogP contribution is 2.49. The Kier molecular flexibility index (Phi) is 20.9. The average molecular weight is 1030 g/mol. The van der Waals surface area contributed by atoms with Crippen molar-refractivity contribution < 1.29 is 60.5 Å². The number of ketones is 1. The molecule has 6 unspecified atom stereocenters. The van der Waals surface area contributed by atoms with Gasteiger partial charge in [-0.05, 0) is 60.0 Å². The van der Waals surface area contributed by atoms with E-state index in [1.165, 1.54) is 13.3 Å². The summed E-state index contributed by atoms with van der Waals surface area (Å²) in [7, 11) is -5.95. The van der Waals surface area contributed by atoms with Crippen molar-refractivity contribution in [1.82, 2.24) is 19.5 Å². The molecular weight excluding hydrogens is 947 g/mol. The third-order valence-corrected chi connectivity index (χ3v) is 24.5. The van der Waals surface area contributed by atoms with Crippen LogP contribution in [0.4, 0.5) is 5.82 Å². The van der Waals surface area contributed by atoms with Gasteiger partial charge in [0.2, 0.25) is 0 Å². The molecule has 0 spiro atoms. The van der Waals surface area contributed by atoms with E-state index in [1.54, 1.807) is 35.2 Å². The molecule has 1 N–H and O–H groups in total.